The Morgan fingerprint density at radius 3 is 2.00 bits per heavy atom. The largest absolute Gasteiger partial charge is 0.353 e. The smallest absolute Gasteiger partial charge is 0.224 e. The van der Waals surface area contributed by atoms with Crippen molar-refractivity contribution in [2.75, 3.05) is 0 Å². The second-order valence-electron chi connectivity index (χ2n) is 5.69. The van der Waals surface area contributed by atoms with Crippen LogP contribution in [0, 0.1) is 16.7 Å². The first-order valence-corrected chi connectivity index (χ1v) is 5.55. The highest BCUT2D eigenvalue weighted by Crippen LogP contribution is 2.68. The maximum absolute atomic E-state index is 11.9. The molecule has 82 valence electrons. The molecule has 0 aromatic heterocycles. The molecule has 0 aromatic carbocycles. The van der Waals surface area contributed by atoms with Crippen molar-refractivity contribution in [2.45, 2.75) is 54.0 Å². The molecular formula is C12H23NO. The summed E-state index contributed by atoms with van der Waals surface area (Å²) in [6.07, 6.45) is 0.999. The lowest BCUT2D eigenvalue weighted by atomic mass is 10.0. The highest BCUT2D eigenvalue weighted by Gasteiger charge is 2.68. The van der Waals surface area contributed by atoms with Crippen LogP contribution >= 0.6 is 0 Å². The van der Waals surface area contributed by atoms with Gasteiger partial charge in [0.1, 0.15) is 0 Å². The molecule has 14 heavy (non-hydrogen) atoms. The minimum Gasteiger partial charge on any atom is -0.353 e. The Bertz CT molecular complexity index is 229. The molecule has 1 N–H and O–H groups in total. The summed E-state index contributed by atoms with van der Waals surface area (Å²) in [7, 11) is 0. The summed E-state index contributed by atoms with van der Waals surface area (Å²) in [5.41, 5.74) is 0.315. The summed E-state index contributed by atoms with van der Waals surface area (Å²) in [6, 6.07) is 0.301. The first-order chi connectivity index (χ1) is 6.25. The zero-order valence-corrected chi connectivity index (χ0v) is 10.3. The Morgan fingerprint density at radius 2 is 1.71 bits per heavy atom. The lowest BCUT2D eigenvalue weighted by molar-refractivity contribution is -0.124. The fourth-order valence-electron chi connectivity index (χ4n) is 2.28. The molecule has 2 heteroatoms. The molecule has 1 fully saturated rings. The molecule has 0 heterocycles. The van der Waals surface area contributed by atoms with Crippen molar-refractivity contribution in [3.8, 4) is 0 Å². The average molecular weight is 197 g/mol. The number of carbonyl (C=O) groups excluding carboxylic acids is 1. The lowest BCUT2D eigenvalue weighted by Crippen LogP contribution is -2.34. The first kappa shape index (κ1) is 11.5. The van der Waals surface area contributed by atoms with Crippen LogP contribution in [0.2, 0.25) is 0 Å². The molecule has 1 amide bonds. The number of carbonyl (C=O) groups is 1. The molecule has 0 aliphatic heterocycles. The molecule has 2 nitrogen and oxygen atoms in total. The second-order valence-corrected chi connectivity index (χ2v) is 5.69. The maximum Gasteiger partial charge on any atom is 0.224 e. The molecule has 1 rings (SSSR count). The number of hydrogen-bond acceptors (Lipinski definition) is 1. The summed E-state index contributed by atoms with van der Waals surface area (Å²) in [6.45, 7) is 12.8. The van der Waals surface area contributed by atoms with Gasteiger partial charge in [-0.1, -0.05) is 34.6 Å². The summed E-state index contributed by atoms with van der Waals surface area (Å²) >= 11 is 0. The molecule has 1 atom stereocenters. The van der Waals surface area contributed by atoms with E-state index in [2.05, 4.69) is 46.9 Å². The van der Waals surface area contributed by atoms with Gasteiger partial charge in [-0.15, -0.1) is 0 Å². The van der Waals surface area contributed by atoms with Crippen LogP contribution in [0.1, 0.15) is 48.0 Å². The van der Waals surface area contributed by atoms with E-state index in [9.17, 15) is 4.79 Å². The van der Waals surface area contributed by atoms with Crippen molar-refractivity contribution >= 4 is 5.91 Å². The van der Waals surface area contributed by atoms with Crippen LogP contribution in [0.4, 0.5) is 0 Å². The Labute approximate surface area is 87.5 Å². The van der Waals surface area contributed by atoms with Gasteiger partial charge in [0.15, 0.2) is 0 Å². The Morgan fingerprint density at radius 1 is 1.29 bits per heavy atom. The monoisotopic (exact) mass is 197 g/mol. The van der Waals surface area contributed by atoms with Crippen molar-refractivity contribution < 1.29 is 4.79 Å². The van der Waals surface area contributed by atoms with Gasteiger partial charge in [-0.25, -0.2) is 0 Å². The van der Waals surface area contributed by atoms with E-state index in [1.54, 1.807) is 0 Å². The molecule has 1 unspecified atom stereocenters. The number of rotatable bonds is 3. The SMILES string of the molecule is CCC(C)NC(=O)C1C(C)(C)C1(C)C. The van der Waals surface area contributed by atoms with Crippen molar-refractivity contribution in [3.05, 3.63) is 0 Å². The second kappa shape index (κ2) is 3.25. The summed E-state index contributed by atoms with van der Waals surface area (Å²) < 4.78 is 0. The van der Waals surface area contributed by atoms with E-state index >= 15 is 0 Å². The number of amides is 1. The third-order valence-electron chi connectivity index (χ3n) is 4.28. The third-order valence-corrected chi connectivity index (χ3v) is 4.28. The minimum absolute atomic E-state index is 0.157. The Kier molecular flexibility index (Phi) is 2.68. The van der Waals surface area contributed by atoms with E-state index < -0.39 is 0 Å². The van der Waals surface area contributed by atoms with Gasteiger partial charge in [0.05, 0.1) is 0 Å². The zero-order valence-electron chi connectivity index (χ0n) is 10.3. The van der Waals surface area contributed by atoms with Gasteiger partial charge in [0, 0.05) is 12.0 Å². The van der Waals surface area contributed by atoms with Crippen LogP contribution in [0.15, 0.2) is 0 Å². The topological polar surface area (TPSA) is 29.1 Å². The fourth-order valence-corrected chi connectivity index (χ4v) is 2.28. The Balaban J connectivity index is 2.58. The zero-order chi connectivity index (χ0) is 11.1. The van der Waals surface area contributed by atoms with Gasteiger partial charge < -0.3 is 5.32 Å². The minimum atomic E-state index is 0.157. The predicted molar refractivity (Wildman–Crippen MR) is 58.9 cm³/mol. The maximum atomic E-state index is 11.9. The molecular weight excluding hydrogens is 174 g/mol. The van der Waals surface area contributed by atoms with Gasteiger partial charge in [0.2, 0.25) is 5.91 Å². The summed E-state index contributed by atoms with van der Waals surface area (Å²) in [5, 5.41) is 3.06. The van der Waals surface area contributed by atoms with Crippen molar-refractivity contribution in [1.29, 1.82) is 0 Å². The normalized spacial score (nSPS) is 25.6. The van der Waals surface area contributed by atoms with Crippen LogP contribution in [0.25, 0.3) is 0 Å². The number of nitrogens with one attached hydrogen (secondary N) is 1. The summed E-state index contributed by atoms with van der Waals surface area (Å²) in [5.74, 6) is 0.415. The quantitative estimate of drug-likeness (QED) is 0.740. The predicted octanol–water partition coefficient (Wildman–Crippen LogP) is 2.58. The molecule has 0 aromatic rings. The molecule has 0 spiro atoms. The van der Waals surface area contributed by atoms with Crippen LogP contribution < -0.4 is 5.32 Å². The molecule has 0 bridgehead atoms. The molecule has 1 saturated carbocycles. The van der Waals surface area contributed by atoms with Crippen molar-refractivity contribution in [2.24, 2.45) is 16.7 Å². The fraction of sp³-hybridized carbons (Fsp3) is 0.917. The Hall–Kier alpha value is -0.530. The van der Waals surface area contributed by atoms with E-state index in [4.69, 9.17) is 0 Å². The van der Waals surface area contributed by atoms with Crippen LogP contribution in [-0.4, -0.2) is 11.9 Å². The third kappa shape index (κ3) is 1.55. The number of hydrogen-bond donors (Lipinski definition) is 1. The van der Waals surface area contributed by atoms with E-state index in [0.717, 1.165) is 6.42 Å². The van der Waals surface area contributed by atoms with E-state index in [1.165, 1.54) is 0 Å². The van der Waals surface area contributed by atoms with Gasteiger partial charge in [-0.2, -0.15) is 0 Å². The lowest BCUT2D eigenvalue weighted by Gasteiger charge is -2.12. The first-order valence-electron chi connectivity index (χ1n) is 5.55. The van der Waals surface area contributed by atoms with E-state index in [-0.39, 0.29) is 22.7 Å². The highest BCUT2D eigenvalue weighted by atomic mass is 16.2. The molecule has 0 radical (unpaired) electrons. The van der Waals surface area contributed by atoms with Crippen LogP contribution in [0.5, 0.6) is 0 Å². The van der Waals surface area contributed by atoms with E-state index in [1.807, 2.05) is 0 Å². The average Bonchev–Trinajstić information content (AvgIpc) is 2.42. The van der Waals surface area contributed by atoms with Crippen LogP contribution in [-0.2, 0) is 4.79 Å². The van der Waals surface area contributed by atoms with Crippen LogP contribution in [0.3, 0.4) is 0 Å². The van der Waals surface area contributed by atoms with Gasteiger partial charge in [0.25, 0.3) is 0 Å². The van der Waals surface area contributed by atoms with Crippen molar-refractivity contribution in [1.82, 2.24) is 5.32 Å². The summed E-state index contributed by atoms with van der Waals surface area (Å²) in [4.78, 5) is 11.9. The standard InChI is InChI=1S/C12H23NO/c1-7-8(2)13-10(14)9-11(3,4)12(9,5)6/h8-9H,7H2,1-6H3,(H,13,14). The molecule has 1 aliphatic carbocycles. The van der Waals surface area contributed by atoms with E-state index in [0.29, 0.717) is 6.04 Å². The molecule has 1 aliphatic rings. The van der Waals surface area contributed by atoms with Crippen molar-refractivity contribution in [3.63, 3.8) is 0 Å². The van der Waals surface area contributed by atoms with Gasteiger partial charge >= 0.3 is 0 Å². The van der Waals surface area contributed by atoms with Gasteiger partial charge in [-0.3, -0.25) is 4.79 Å². The molecule has 0 saturated heterocycles. The van der Waals surface area contributed by atoms with Gasteiger partial charge in [-0.05, 0) is 24.2 Å². The highest BCUT2D eigenvalue weighted by molar-refractivity contribution is 5.84.